The van der Waals surface area contributed by atoms with E-state index in [0.717, 1.165) is 18.2 Å². The van der Waals surface area contributed by atoms with Crippen molar-refractivity contribution in [1.29, 1.82) is 0 Å². The number of methoxy groups -OCH3 is 1. The minimum atomic E-state index is 0.711. The predicted octanol–water partition coefficient (Wildman–Crippen LogP) is 2.67. The summed E-state index contributed by atoms with van der Waals surface area (Å²) in [5.74, 6) is 1.88. The number of hydrogen-bond acceptors (Lipinski definition) is 2. The highest BCUT2D eigenvalue weighted by molar-refractivity contribution is 5.43. The lowest BCUT2D eigenvalue weighted by atomic mass is 9.80. The average molecular weight is 243 g/mol. The van der Waals surface area contributed by atoms with Crippen molar-refractivity contribution in [3.8, 4) is 5.75 Å². The highest BCUT2D eigenvalue weighted by Gasteiger charge is 2.37. The zero-order valence-electron chi connectivity index (χ0n) is 11.1. The van der Waals surface area contributed by atoms with Gasteiger partial charge in [0.1, 0.15) is 5.75 Å². The summed E-state index contributed by atoms with van der Waals surface area (Å²) in [6, 6.07) is 7.18. The van der Waals surface area contributed by atoms with Crippen molar-refractivity contribution in [2.45, 2.75) is 25.3 Å². The fraction of sp³-hybridized carbons (Fsp3) is 0.500. The molecule has 1 saturated heterocycles. The SMILES string of the molecule is C=CCN1CC[C@@H]2Cc3c(cccc3OC)C[C@@H]21. The smallest absolute Gasteiger partial charge is 0.122 e. The lowest BCUT2D eigenvalue weighted by molar-refractivity contribution is 0.234. The van der Waals surface area contributed by atoms with Crippen molar-refractivity contribution in [2.24, 2.45) is 5.92 Å². The van der Waals surface area contributed by atoms with E-state index in [9.17, 15) is 0 Å². The Morgan fingerprint density at radius 3 is 3.11 bits per heavy atom. The minimum absolute atomic E-state index is 0.711. The van der Waals surface area contributed by atoms with Gasteiger partial charge < -0.3 is 4.74 Å². The van der Waals surface area contributed by atoms with Gasteiger partial charge in [-0.1, -0.05) is 18.2 Å². The Hall–Kier alpha value is -1.28. The molecule has 1 aromatic rings. The van der Waals surface area contributed by atoms with Crippen LogP contribution >= 0.6 is 0 Å². The number of fused-ring (bicyclic) bond motifs is 2. The zero-order valence-corrected chi connectivity index (χ0v) is 11.1. The molecule has 0 aromatic heterocycles. The van der Waals surface area contributed by atoms with Crippen LogP contribution in [0.2, 0.25) is 0 Å². The van der Waals surface area contributed by atoms with Crippen molar-refractivity contribution in [1.82, 2.24) is 4.90 Å². The quantitative estimate of drug-likeness (QED) is 0.757. The third kappa shape index (κ3) is 1.85. The second-order valence-electron chi connectivity index (χ2n) is 5.41. The van der Waals surface area contributed by atoms with Crippen LogP contribution in [0.15, 0.2) is 30.9 Å². The van der Waals surface area contributed by atoms with Crippen molar-refractivity contribution in [2.75, 3.05) is 20.2 Å². The molecule has 1 aromatic carbocycles. The van der Waals surface area contributed by atoms with Gasteiger partial charge in [-0.05, 0) is 48.9 Å². The molecule has 1 aliphatic heterocycles. The summed E-state index contributed by atoms with van der Waals surface area (Å²) < 4.78 is 5.51. The van der Waals surface area contributed by atoms with E-state index >= 15 is 0 Å². The third-order valence-corrected chi connectivity index (χ3v) is 4.51. The Labute approximate surface area is 109 Å². The molecule has 0 N–H and O–H groups in total. The molecule has 0 spiro atoms. The number of rotatable bonds is 3. The van der Waals surface area contributed by atoms with Crippen LogP contribution in [-0.4, -0.2) is 31.1 Å². The maximum Gasteiger partial charge on any atom is 0.122 e. The molecule has 0 bridgehead atoms. The van der Waals surface area contributed by atoms with Gasteiger partial charge in [-0.25, -0.2) is 0 Å². The molecule has 3 rings (SSSR count). The zero-order chi connectivity index (χ0) is 12.5. The normalized spacial score (nSPS) is 26.5. The number of nitrogens with zero attached hydrogens (tertiary/aromatic N) is 1. The standard InChI is InChI=1S/C16H21NO/c1-3-8-17-9-7-13-10-14-12(11-15(13)17)5-4-6-16(14)18-2/h3-6,13,15H,1,7-11H2,2H3/t13-,15+/m1/s1. The topological polar surface area (TPSA) is 12.5 Å². The van der Waals surface area contributed by atoms with Gasteiger partial charge in [-0.15, -0.1) is 6.58 Å². The van der Waals surface area contributed by atoms with Gasteiger partial charge >= 0.3 is 0 Å². The molecule has 0 radical (unpaired) electrons. The molecule has 0 unspecified atom stereocenters. The maximum atomic E-state index is 5.51. The molecule has 1 heterocycles. The molecule has 1 fully saturated rings. The Morgan fingerprint density at radius 1 is 1.44 bits per heavy atom. The van der Waals surface area contributed by atoms with Crippen LogP contribution in [0.5, 0.6) is 5.75 Å². The van der Waals surface area contributed by atoms with E-state index in [2.05, 4.69) is 29.7 Å². The lowest BCUT2D eigenvalue weighted by Gasteiger charge is -2.33. The van der Waals surface area contributed by atoms with Crippen LogP contribution in [0.4, 0.5) is 0 Å². The molecular weight excluding hydrogens is 222 g/mol. The summed E-state index contributed by atoms with van der Waals surface area (Å²) in [4.78, 5) is 2.58. The molecule has 96 valence electrons. The van der Waals surface area contributed by atoms with Gasteiger partial charge in [0.2, 0.25) is 0 Å². The van der Waals surface area contributed by atoms with Gasteiger partial charge in [0.05, 0.1) is 7.11 Å². The van der Waals surface area contributed by atoms with Crippen molar-refractivity contribution >= 4 is 0 Å². The molecule has 0 amide bonds. The molecule has 2 atom stereocenters. The fourth-order valence-corrected chi connectivity index (χ4v) is 3.63. The Morgan fingerprint density at radius 2 is 2.33 bits per heavy atom. The summed E-state index contributed by atoms with van der Waals surface area (Å²) in [7, 11) is 1.78. The molecule has 2 nitrogen and oxygen atoms in total. The van der Waals surface area contributed by atoms with Gasteiger partial charge in [-0.3, -0.25) is 4.90 Å². The molecule has 2 heteroatoms. The first-order valence-corrected chi connectivity index (χ1v) is 6.83. The van der Waals surface area contributed by atoms with Crippen LogP contribution in [0, 0.1) is 5.92 Å². The lowest BCUT2D eigenvalue weighted by Crippen LogP contribution is -2.38. The second kappa shape index (κ2) is 4.77. The second-order valence-corrected chi connectivity index (χ2v) is 5.41. The molecule has 2 aliphatic rings. The minimum Gasteiger partial charge on any atom is -0.496 e. The summed E-state index contributed by atoms with van der Waals surface area (Å²) in [6.07, 6.45) is 5.70. The maximum absolute atomic E-state index is 5.51. The molecule has 1 aliphatic carbocycles. The van der Waals surface area contributed by atoms with E-state index in [0.29, 0.717) is 6.04 Å². The number of ether oxygens (including phenoxy) is 1. The van der Waals surface area contributed by atoms with Crippen molar-refractivity contribution < 1.29 is 4.74 Å². The van der Waals surface area contributed by atoms with Gasteiger partial charge in [0.15, 0.2) is 0 Å². The highest BCUT2D eigenvalue weighted by Crippen LogP contribution is 2.38. The van der Waals surface area contributed by atoms with E-state index in [1.54, 1.807) is 7.11 Å². The largest absolute Gasteiger partial charge is 0.496 e. The molecule has 18 heavy (non-hydrogen) atoms. The van der Waals surface area contributed by atoms with Crippen LogP contribution in [0.1, 0.15) is 17.5 Å². The van der Waals surface area contributed by atoms with Crippen LogP contribution in [-0.2, 0) is 12.8 Å². The van der Waals surface area contributed by atoms with E-state index in [1.165, 1.54) is 36.9 Å². The predicted molar refractivity (Wildman–Crippen MR) is 74.1 cm³/mol. The summed E-state index contributed by atoms with van der Waals surface area (Å²) in [5.41, 5.74) is 2.92. The van der Waals surface area contributed by atoms with E-state index in [4.69, 9.17) is 4.74 Å². The Kier molecular flexibility index (Phi) is 3.13. The van der Waals surface area contributed by atoms with Gasteiger partial charge in [0.25, 0.3) is 0 Å². The van der Waals surface area contributed by atoms with E-state index in [1.807, 2.05) is 6.08 Å². The molecular formula is C16H21NO. The van der Waals surface area contributed by atoms with E-state index in [-0.39, 0.29) is 0 Å². The highest BCUT2D eigenvalue weighted by atomic mass is 16.5. The van der Waals surface area contributed by atoms with Crippen LogP contribution in [0.3, 0.4) is 0 Å². The monoisotopic (exact) mass is 243 g/mol. The van der Waals surface area contributed by atoms with E-state index < -0.39 is 0 Å². The number of hydrogen-bond donors (Lipinski definition) is 0. The number of likely N-dealkylation sites (tertiary alicyclic amines) is 1. The van der Waals surface area contributed by atoms with Crippen LogP contribution < -0.4 is 4.74 Å². The molecule has 0 saturated carbocycles. The van der Waals surface area contributed by atoms with Gasteiger partial charge in [0, 0.05) is 12.6 Å². The number of benzene rings is 1. The third-order valence-electron chi connectivity index (χ3n) is 4.51. The summed E-state index contributed by atoms with van der Waals surface area (Å²) >= 11 is 0. The van der Waals surface area contributed by atoms with Crippen LogP contribution in [0.25, 0.3) is 0 Å². The van der Waals surface area contributed by atoms with Crippen molar-refractivity contribution in [3.63, 3.8) is 0 Å². The summed E-state index contributed by atoms with van der Waals surface area (Å²) in [6.45, 7) is 6.12. The average Bonchev–Trinajstić information content (AvgIpc) is 2.79. The van der Waals surface area contributed by atoms with Gasteiger partial charge in [-0.2, -0.15) is 0 Å². The fourth-order valence-electron chi connectivity index (χ4n) is 3.63. The Bertz CT molecular complexity index is 454. The first-order chi connectivity index (χ1) is 8.83. The first-order valence-electron chi connectivity index (χ1n) is 6.83. The van der Waals surface area contributed by atoms with Crippen molar-refractivity contribution in [3.05, 3.63) is 42.0 Å². The first kappa shape index (κ1) is 11.8. The Balaban J connectivity index is 1.89. The summed E-state index contributed by atoms with van der Waals surface area (Å²) in [5, 5.41) is 0.